The molecule has 0 saturated carbocycles. The second-order valence-electron chi connectivity index (χ2n) is 4.31. The van der Waals surface area contributed by atoms with Crippen molar-refractivity contribution in [3.63, 3.8) is 0 Å². The maximum absolute atomic E-state index is 11.7. The second kappa shape index (κ2) is 7.31. The van der Waals surface area contributed by atoms with Crippen molar-refractivity contribution in [3.8, 4) is 0 Å². The third-order valence-electron chi connectivity index (χ3n) is 2.47. The van der Waals surface area contributed by atoms with Gasteiger partial charge in [-0.2, -0.15) is 4.98 Å². The zero-order valence-electron chi connectivity index (χ0n) is 12.1. The Kier molecular flexibility index (Phi) is 5.20. The van der Waals surface area contributed by atoms with Crippen LogP contribution in [0.1, 0.15) is 22.3 Å². The molecule has 0 aliphatic heterocycles. The maximum Gasteiger partial charge on any atom is 0.315 e. The zero-order valence-corrected chi connectivity index (χ0v) is 12.1. The molecule has 2 rings (SSSR count). The number of carbonyl (C=O) groups is 2. The Morgan fingerprint density at radius 1 is 1.32 bits per heavy atom. The molecule has 118 valence electrons. The van der Waals surface area contributed by atoms with Crippen molar-refractivity contribution >= 4 is 17.6 Å². The fourth-order valence-electron chi connectivity index (χ4n) is 1.52. The molecule has 0 atom stereocenters. The quantitative estimate of drug-likeness (QED) is 0.679. The van der Waals surface area contributed by atoms with E-state index in [-0.39, 0.29) is 18.1 Å². The summed E-state index contributed by atoms with van der Waals surface area (Å²) in [4.78, 5) is 27.2. The standard InChI is InChI=1S/C12H15N5O5/c1-7-5-8(16-21-7)14-10(18)6-9-15-12(22-17-9)11(19)13-3-4-20-2/h5H,3-4,6H2,1-2H3,(H,13,19)(H,14,16,18). The summed E-state index contributed by atoms with van der Waals surface area (Å²) < 4.78 is 14.4. The first-order valence-corrected chi connectivity index (χ1v) is 6.41. The number of amides is 2. The summed E-state index contributed by atoms with van der Waals surface area (Å²) in [6.07, 6.45) is -0.152. The molecule has 2 heterocycles. The van der Waals surface area contributed by atoms with Crippen molar-refractivity contribution < 1.29 is 23.4 Å². The minimum Gasteiger partial charge on any atom is -0.383 e. The molecule has 10 nitrogen and oxygen atoms in total. The van der Waals surface area contributed by atoms with Gasteiger partial charge in [-0.3, -0.25) is 9.59 Å². The highest BCUT2D eigenvalue weighted by Gasteiger charge is 2.17. The van der Waals surface area contributed by atoms with Crippen LogP contribution in [0.25, 0.3) is 0 Å². The molecule has 0 aliphatic rings. The monoisotopic (exact) mass is 309 g/mol. The number of methoxy groups -OCH3 is 1. The van der Waals surface area contributed by atoms with Gasteiger partial charge in [-0.25, -0.2) is 0 Å². The number of carbonyl (C=O) groups excluding carboxylic acids is 2. The molecule has 22 heavy (non-hydrogen) atoms. The van der Waals surface area contributed by atoms with Crippen LogP contribution in [0.3, 0.4) is 0 Å². The van der Waals surface area contributed by atoms with Crippen LogP contribution in [0, 0.1) is 6.92 Å². The lowest BCUT2D eigenvalue weighted by atomic mass is 10.3. The highest BCUT2D eigenvalue weighted by Crippen LogP contribution is 2.07. The summed E-state index contributed by atoms with van der Waals surface area (Å²) >= 11 is 0. The van der Waals surface area contributed by atoms with Crippen molar-refractivity contribution in [1.82, 2.24) is 20.6 Å². The molecule has 0 radical (unpaired) electrons. The average molecular weight is 309 g/mol. The number of nitrogens with zero attached hydrogens (tertiary/aromatic N) is 3. The van der Waals surface area contributed by atoms with E-state index in [4.69, 9.17) is 13.8 Å². The van der Waals surface area contributed by atoms with E-state index in [2.05, 4.69) is 25.9 Å². The lowest BCUT2D eigenvalue weighted by Gasteiger charge is -1.99. The summed E-state index contributed by atoms with van der Waals surface area (Å²) in [5, 5.41) is 12.2. The highest BCUT2D eigenvalue weighted by atomic mass is 16.5. The molecule has 2 N–H and O–H groups in total. The molecule has 0 saturated heterocycles. The smallest absolute Gasteiger partial charge is 0.315 e. The van der Waals surface area contributed by atoms with Crippen LogP contribution < -0.4 is 10.6 Å². The SMILES string of the molecule is COCCNC(=O)c1nc(CC(=O)Nc2cc(C)on2)no1. The Bertz CT molecular complexity index is 650. The lowest BCUT2D eigenvalue weighted by molar-refractivity contribution is -0.115. The lowest BCUT2D eigenvalue weighted by Crippen LogP contribution is -2.27. The third-order valence-corrected chi connectivity index (χ3v) is 2.47. The molecular formula is C12H15N5O5. The predicted octanol–water partition coefficient (Wildman–Crippen LogP) is -0.0766. The maximum atomic E-state index is 11.7. The van der Waals surface area contributed by atoms with Gasteiger partial charge in [0.05, 0.1) is 13.0 Å². The molecular weight excluding hydrogens is 294 g/mol. The molecule has 0 bridgehead atoms. The number of anilines is 1. The van der Waals surface area contributed by atoms with Gasteiger partial charge in [-0.15, -0.1) is 0 Å². The molecule has 0 aliphatic carbocycles. The second-order valence-corrected chi connectivity index (χ2v) is 4.31. The molecule has 0 fully saturated rings. The Balaban J connectivity index is 1.85. The minimum atomic E-state index is -0.525. The fraction of sp³-hybridized carbons (Fsp3) is 0.417. The Labute approximate surface area is 125 Å². The summed E-state index contributed by atoms with van der Waals surface area (Å²) in [5.41, 5.74) is 0. The molecule has 0 unspecified atom stereocenters. The Morgan fingerprint density at radius 3 is 2.82 bits per heavy atom. The van der Waals surface area contributed by atoms with E-state index < -0.39 is 11.8 Å². The first kappa shape index (κ1) is 15.6. The van der Waals surface area contributed by atoms with Crippen LogP contribution in [0.4, 0.5) is 5.82 Å². The Hall–Kier alpha value is -2.75. The predicted molar refractivity (Wildman–Crippen MR) is 72.1 cm³/mol. The van der Waals surface area contributed by atoms with Gasteiger partial charge in [0.25, 0.3) is 0 Å². The number of ether oxygens (including phenoxy) is 1. The van der Waals surface area contributed by atoms with Crippen molar-refractivity contribution in [3.05, 3.63) is 23.5 Å². The third kappa shape index (κ3) is 4.38. The van der Waals surface area contributed by atoms with E-state index in [0.29, 0.717) is 24.7 Å². The van der Waals surface area contributed by atoms with Gasteiger partial charge >= 0.3 is 11.8 Å². The van der Waals surface area contributed by atoms with E-state index in [1.165, 1.54) is 7.11 Å². The van der Waals surface area contributed by atoms with E-state index in [1.807, 2.05) is 0 Å². The molecule has 0 aromatic carbocycles. The normalized spacial score (nSPS) is 10.5. The highest BCUT2D eigenvalue weighted by molar-refractivity contribution is 5.91. The largest absolute Gasteiger partial charge is 0.383 e. The van der Waals surface area contributed by atoms with Crippen LogP contribution in [0.2, 0.25) is 0 Å². The van der Waals surface area contributed by atoms with E-state index in [0.717, 1.165) is 0 Å². The molecule has 2 aromatic rings. The van der Waals surface area contributed by atoms with Gasteiger partial charge in [0.1, 0.15) is 5.76 Å². The van der Waals surface area contributed by atoms with Crippen molar-refractivity contribution in [2.45, 2.75) is 13.3 Å². The first-order valence-electron chi connectivity index (χ1n) is 6.41. The number of nitrogens with one attached hydrogen (secondary N) is 2. The van der Waals surface area contributed by atoms with Crippen LogP contribution in [0.15, 0.2) is 15.1 Å². The van der Waals surface area contributed by atoms with Crippen molar-refractivity contribution in [2.24, 2.45) is 0 Å². The molecule has 2 aromatic heterocycles. The first-order chi connectivity index (χ1) is 10.6. The van der Waals surface area contributed by atoms with Crippen LogP contribution in [-0.2, 0) is 16.0 Å². The number of hydrogen-bond acceptors (Lipinski definition) is 8. The van der Waals surface area contributed by atoms with Gasteiger partial charge in [-0.05, 0) is 6.92 Å². The number of hydrogen-bond donors (Lipinski definition) is 2. The van der Waals surface area contributed by atoms with E-state index >= 15 is 0 Å². The van der Waals surface area contributed by atoms with E-state index in [1.54, 1.807) is 13.0 Å². The van der Waals surface area contributed by atoms with Crippen LogP contribution in [0.5, 0.6) is 0 Å². The summed E-state index contributed by atoms with van der Waals surface area (Å²) in [6, 6.07) is 1.57. The minimum absolute atomic E-state index is 0.0922. The van der Waals surface area contributed by atoms with Crippen LogP contribution in [-0.4, -0.2) is 47.4 Å². The fourth-order valence-corrected chi connectivity index (χ4v) is 1.52. The zero-order chi connectivity index (χ0) is 15.9. The molecule has 10 heteroatoms. The van der Waals surface area contributed by atoms with Gasteiger partial charge in [0, 0.05) is 19.7 Å². The van der Waals surface area contributed by atoms with Gasteiger partial charge in [-0.1, -0.05) is 10.3 Å². The topological polar surface area (TPSA) is 132 Å². The van der Waals surface area contributed by atoms with Crippen molar-refractivity contribution in [2.75, 3.05) is 25.6 Å². The number of rotatable bonds is 7. The molecule has 0 spiro atoms. The van der Waals surface area contributed by atoms with Gasteiger partial charge < -0.3 is 24.4 Å². The number of aromatic nitrogens is 3. The average Bonchev–Trinajstić information content (AvgIpc) is 3.08. The Morgan fingerprint density at radius 2 is 2.14 bits per heavy atom. The van der Waals surface area contributed by atoms with Gasteiger partial charge in [0.2, 0.25) is 5.91 Å². The van der Waals surface area contributed by atoms with Crippen molar-refractivity contribution in [1.29, 1.82) is 0 Å². The van der Waals surface area contributed by atoms with E-state index in [9.17, 15) is 9.59 Å². The summed E-state index contributed by atoms with van der Waals surface area (Å²) in [6.45, 7) is 2.39. The summed E-state index contributed by atoms with van der Waals surface area (Å²) in [5.74, 6) is -0.178. The molecule has 2 amide bonds. The summed E-state index contributed by atoms with van der Waals surface area (Å²) in [7, 11) is 1.52. The van der Waals surface area contributed by atoms with Gasteiger partial charge in [0.15, 0.2) is 11.6 Å². The number of aryl methyl sites for hydroxylation is 1. The van der Waals surface area contributed by atoms with Crippen LogP contribution >= 0.6 is 0 Å².